The third-order valence-electron chi connectivity index (χ3n) is 2.05. The summed E-state index contributed by atoms with van der Waals surface area (Å²) in [5.74, 6) is 0.385. The van der Waals surface area contributed by atoms with Gasteiger partial charge in [0.05, 0.1) is 7.11 Å². The molecule has 80 valence electrons. The van der Waals surface area contributed by atoms with Crippen LogP contribution in [0.2, 0.25) is 0 Å². The molecule has 0 aromatic heterocycles. The highest BCUT2D eigenvalue weighted by Gasteiger charge is 2.27. The van der Waals surface area contributed by atoms with E-state index in [-0.39, 0.29) is 4.91 Å². The minimum absolute atomic E-state index is 0.177. The summed E-state index contributed by atoms with van der Waals surface area (Å²) < 4.78 is 27.8. The third kappa shape index (κ3) is 2.36. The highest BCUT2D eigenvalue weighted by molar-refractivity contribution is 7.94. The van der Waals surface area contributed by atoms with Gasteiger partial charge in [0.15, 0.2) is 9.84 Å². The SMILES string of the molecule is COC1=CCC(C)(N)C=C1S(C)(=O)=O. The Hall–Kier alpha value is -0.810. The van der Waals surface area contributed by atoms with Gasteiger partial charge in [-0.3, -0.25) is 0 Å². The molecule has 1 unspecified atom stereocenters. The van der Waals surface area contributed by atoms with Crippen LogP contribution in [0.3, 0.4) is 0 Å². The molecule has 2 N–H and O–H groups in total. The van der Waals surface area contributed by atoms with Gasteiger partial charge < -0.3 is 10.5 Å². The van der Waals surface area contributed by atoms with Gasteiger partial charge in [0.1, 0.15) is 10.7 Å². The summed E-state index contributed by atoms with van der Waals surface area (Å²) in [5.41, 5.74) is 5.23. The summed E-state index contributed by atoms with van der Waals surface area (Å²) in [6.45, 7) is 1.78. The van der Waals surface area contributed by atoms with Crippen LogP contribution in [-0.2, 0) is 14.6 Å². The van der Waals surface area contributed by atoms with Crippen LogP contribution in [0.25, 0.3) is 0 Å². The van der Waals surface area contributed by atoms with Gasteiger partial charge >= 0.3 is 0 Å². The van der Waals surface area contributed by atoms with E-state index in [0.29, 0.717) is 12.2 Å². The van der Waals surface area contributed by atoms with Gasteiger partial charge in [-0.1, -0.05) is 0 Å². The second-order valence-corrected chi connectivity index (χ2v) is 5.75. The van der Waals surface area contributed by atoms with Crippen molar-refractivity contribution < 1.29 is 13.2 Å². The van der Waals surface area contributed by atoms with Gasteiger partial charge in [0, 0.05) is 11.8 Å². The molecule has 0 fully saturated rings. The predicted molar refractivity (Wildman–Crippen MR) is 55.2 cm³/mol. The average Bonchev–Trinajstić information content (AvgIpc) is 2.01. The number of rotatable bonds is 2. The largest absolute Gasteiger partial charge is 0.496 e. The smallest absolute Gasteiger partial charge is 0.178 e. The van der Waals surface area contributed by atoms with Crippen LogP contribution < -0.4 is 5.73 Å². The second-order valence-electron chi connectivity index (χ2n) is 3.76. The molecular formula is C9H15NO3S. The van der Waals surface area contributed by atoms with Gasteiger partial charge in [0.2, 0.25) is 0 Å². The number of ether oxygens (including phenoxy) is 1. The summed E-state index contributed by atoms with van der Waals surface area (Å²) in [6.07, 6.45) is 4.97. The molecular weight excluding hydrogens is 202 g/mol. The van der Waals surface area contributed by atoms with Gasteiger partial charge in [-0.2, -0.15) is 0 Å². The Morgan fingerprint density at radius 1 is 1.57 bits per heavy atom. The Labute approximate surface area is 84.4 Å². The Bertz CT molecular complexity index is 390. The zero-order valence-electron chi connectivity index (χ0n) is 8.57. The normalized spacial score (nSPS) is 28.0. The summed E-state index contributed by atoms with van der Waals surface area (Å²) in [6, 6.07) is 0. The molecule has 1 aliphatic carbocycles. The molecule has 5 heteroatoms. The lowest BCUT2D eigenvalue weighted by atomic mass is 9.94. The van der Waals surface area contributed by atoms with Crippen molar-refractivity contribution in [1.29, 1.82) is 0 Å². The molecule has 1 atom stereocenters. The van der Waals surface area contributed by atoms with E-state index in [0.717, 1.165) is 6.26 Å². The van der Waals surface area contributed by atoms with Crippen molar-refractivity contribution in [3.63, 3.8) is 0 Å². The molecule has 0 aromatic carbocycles. The molecule has 0 saturated carbocycles. The van der Waals surface area contributed by atoms with Crippen molar-refractivity contribution in [1.82, 2.24) is 0 Å². The predicted octanol–water partition coefficient (Wildman–Crippen LogP) is 0.566. The van der Waals surface area contributed by atoms with E-state index in [9.17, 15) is 8.42 Å². The quantitative estimate of drug-likeness (QED) is 0.734. The van der Waals surface area contributed by atoms with E-state index >= 15 is 0 Å². The molecule has 0 radical (unpaired) electrons. The van der Waals surface area contributed by atoms with Gasteiger partial charge in [-0.15, -0.1) is 0 Å². The topological polar surface area (TPSA) is 69.4 Å². The molecule has 0 saturated heterocycles. The summed E-state index contributed by atoms with van der Waals surface area (Å²) in [5, 5.41) is 0. The molecule has 4 nitrogen and oxygen atoms in total. The Kier molecular flexibility index (Phi) is 2.74. The Morgan fingerprint density at radius 3 is 2.57 bits per heavy atom. The van der Waals surface area contributed by atoms with E-state index in [4.69, 9.17) is 10.5 Å². The highest BCUT2D eigenvalue weighted by atomic mass is 32.2. The van der Waals surface area contributed by atoms with E-state index < -0.39 is 15.4 Å². The average molecular weight is 217 g/mol. The number of hydrogen-bond acceptors (Lipinski definition) is 4. The molecule has 1 rings (SSSR count). The van der Waals surface area contributed by atoms with Crippen LogP contribution in [0, 0.1) is 0 Å². The standard InChI is InChI=1S/C9H15NO3S/c1-9(10)5-4-7(13-2)8(6-9)14(3,11)12/h4,6H,5,10H2,1-3H3. The zero-order valence-corrected chi connectivity index (χ0v) is 9.39. The van der Waals surface area contributed by atoms with E-state index in [1.807, 2.05) is 0 Å². The van der Waals surface area contributed by atoms with Crippen molar-refractivity contribution in [2.24, 2.45) is 5.73 Å². The first kappa shape index (κ1) is 11.3. The Balaban J connectivity index is 3.21. The lowest BCUT2D eigenvalue weighted by molar-refractivity contribution is 0.297. The summed E-state index contributed by atoms with van der Waals surface area (Å²) >= 11 is 0. The van der Waals surface area contributed by atoms with Crippen LogP contribution in [0.5, 0.6) is 0 Å². The van der Waals surface area contributed by atoms with Crippen LogP contribution in [-0.4, -0.2) is 27.3 Å². The van der Waals surface area contributed by atoms with Crippen LogP contribution >= 0.6 is 0 Å². The molecule has 0 aromatic rings. The van der Waals surface area contributed by atoms with Crippen LogP contribution in [0.1, 0.15) is 13.3 Å². The van der Waals surface area contributed by atoms with Gasteiger partial charge in [-0.25, -0.2) is 8.42 Å². The fourth-order valence-corrected chi connectivity index (χ4v) is 2.33. The first-order chi connectivity index (χ1) is 6.26. The molecule has 0 spiro atoms. The maximum absolute atomic E-state index is 11.4. The second kappa shape index (κ2) is 3.40. The molecule has 0 amide bonds. The molecule has 0 aliphatic heterocycles. The van der Waals surface area contributed by atoms with Crippen molar-refractivity contribution >= 4 is 9.84 Å². The lowest BCUT2D eigenvalue weighted by Gasteiger charge is -2.25. The molecule has 1 aliphatic rings. The Morgan fingerprint density at radius 2 is 2.14 bits per heavy atom. The number of methoxy groups -OCH3 is 1. The zero-order chi connectivity index (χ0) is 11.0. The van der Waals surface area contributed by atoms with Crippen molar-refractivity contribution in [2.45, 2.75) is 18.9 Å². The van der Waals surface area contributed by atoms with Crippen molar-refractivity contribution in [2.75, 3.05) is 13.4 Å². The molecule has 14 heavy (non-hydrogen) atoms. The third-order valence-corrected chi connectivity index (χ3v) is 3.17. The van der Waals surface area contributed by atoms with Gasteiger partial charge in [-0.05, 0) is 25.5 Å². The van der Waals surface area contributed by atoms with Gasteiger partial charge in [0.25, 0.3) is 0 Å². The van der Waals surface area contributed by atoms with E-state index in [1.165, 1.54) is 7.11 Å². The first-order valence-corrected chi connectivity index (χ1v) is 6.12. The van der Waals surface area contributed by atoms with Crippen molar-refractivity contribution in [3.05, 3.63) is 22.8 Å². The number of nitrogens with two attached hydrogens (primary N) is 1. The maximum atomic E-state index is 11.4. The highest BCUT2D eigenvalue weighted by Crippen LogP contribution is 2.27. The molecule has 0 bridgehead atoms. The maximum Gasteiger partial charge on any atom is 0.178 e. The van der Waals surface area contributed by atoms with Crippen LogP contribution in [0.15, 0.2) is 22.8 Å². The lowest BCUT2D eigenvalue weighted by Crippen LogP contribution is -2.36. The van der Waals surface area contributed by atoms with E-state index in [2.05, 4.69) is 0 Å². The van der Waals surface area contributed by atoms with Crippen LogP contribution in [0.4, 0.5) is 0 Å². The monoisotopic (exact) mass is 217 g/mol. The fraction of sp³-hybridized carbons (Fsp3) is 0.556. The minimum atomic E-state index is -3.27. The number of hydrogen-bond donors (Lipinski definition) is 1. The fourth-order valence-electron chi connectivity index (χ4n) is 1.32. The van der Waals surface area contributed by atoms with E-state index in [1.54, 1.807) is 19.1 Å². The summed E-state index contributed by atoms with van der Waals surface area (Å²) in [7, 11) is -1.82. The number of sulfone groups is 1. The summed E-state index contributed by atoms with van der Waals surface area (Å²) in [4.78, 5) is 0.177. The molecule has 0 heterocycles. The first-order valence-electron chi connectivity index (χ1n) is 4.22. The van der Waals surface area contributed by atoms with Crippen molar-refractivity contribution in [3.8, 4) is 0 Å². The minimum Gasteiger partial charge on any atom is -0.496 e.